The molecule has 0 bridgehead atoms. The van der Waals surface area contributed by atoms with Gasteiger partial charge in [0.05, 0.1) is 10.9 Å². The summed E-state index contributed by atoms with van der Waals surface area (Å²) in [5.41, 5.74) is 3.50. The molecule has 1 N–H and O–H groups in total. The lowest BCUT2D eigenvalue weighted by Gasteiger charge is -2.31. The lowest BCUT2D eigenvalue weighted by atomic mass is 9.97. The monoisotopic (exact) mass is 434 g/mol. The normalized spacial score (nSPS) is 15.8. The highest BCUT2D eigenvalue weighted by Crippen LogP contribution is 2.26. The number of nitrogens with zero attached hydrogens (tertiary/aromatic N) is 3. The highest BCUT2D eigenvalue weighted by molar-refractivity contribution is 7.17. The van der Waals surface area contributed by atoms with E-state index >= 15 is 0 Å². The number of methoxy groups -OCH3 is 1. The highest BCUT2D eigenvalue weighted by atomic mass is 32.1. The number of aromatic amines is 1. The summed E-state index contributed by atoms with van der Waals surface area (Å²) in [6.45, 7) is 5.86. The number of nitrogens with one attached hydrogen (secondary N) is 1. The summed E-state index contributed by atoms with van der Waals surface area (Å²) >= 11 is 1.66. The third kappa shape index (κ3) is 4.13. The van der Waals surface area contributed by atoms with Gasteiger partial charge in [0.25, 0.3) is 5.56 Å². The Balaban J connectivity index is 1.43. The van der Waals surface area contributed by atoms with Gasteiger partial charge in [-0.2, -0.15) is 0 Å². The number of rotatable bonds is 5. The maximum Gasteiger partial charge on any atom is 0.259 e. The SMILES string of the molecule is COCC1CCN(Cc2cc(C)c3nc(-c4cc5sccc5cn4)[nH]c(=O)c3c2)CC1. The minimum atomic E-state index is -0.114. The Hall–Kier alpha value is -2.61. The molecule has 0 radical (unpaired) electrons. The van der Waals surface area contributed by atoms with Crippen molar-refractivity contribution in [2.24, 2.45) is 5.92 Å². The molecule has 3 aromatic heterocycles. The molecular weight excluding hydrogens is 408 g/mol. The second-order valence-corrected chi connectivity index (χ2v) is 9.37. The van der Waals surface area contributed by atoms with Crippen LogP contribution in [0.5, 0.6) is 0 Å². The highest BCUT2D eigenvalue weighted by Gasteiger charge is 2.20. The van der Waals surface area contributed by atoms with Crippen LogP contribution in [-0.2, 0) is 11.3 Å². The van der Waals surface area contributed by atoms with E-state index in [1.54, 1.807) is 18.4 Å². The number of ether oxygens (including phenoxy) is 1. The van der Waals surface area contributed by atoms with Gasteiger partial charge in [0.2, 0.25) is 0 Å². The molecule has 1 fully saturated rings. The maximum absolute atomic E-state index is 12.9. The van der Waals surface area contributed by atoms with Crippen LogP contribution < -0.4 is 5.56 Å². The van der Waals surface area contributed by atoms with Crippen LogP contribution in [0, 0.1) is 12.8 Å². The lowest BCUT2D eigenvalue weighted by Crippen LogP contribution is -2.34. The molecule has 0 aliphatic carbocycles. The number of H-pyrrole nitrogens is 1. The van der Waals surface area contributed by atoms with Gasteiger partial charge >= 0.3 is 0 Å². The van der Waals surface area contributed by atoms with Crippen LogP contribution in [0.25, 0.3) is 32.5 Å². The van der Waals surface area contributed by atoms with E-state index in [1.165, 1.54) is 0 Å². The van der Waals surface area contributed by atoms with E-state index in [1.807, 2.05) is 36.7 Å². The number of likely N-dealkylation sites (tertiary alicyclic amines) is 1. The van der Waals surface area contributed by atoms with Crippen molar-refractivity contribution in [3.8, 4) is 11.5 Å². The molecule has 1 aromatic carbocycles. The van der Waals surface area contributed by atoms with Crippen molar-refractivity contribution in [3.05, 3.63) is 57.3 Å². The largest absolute Gasteiger partial charge is 0.384 e. The standard InChI is InChI=1S/C24H26N4O2S/c1-15-9-17(13-28-6-3-16(4-7-28)14-30-2)10-19-22(15)26-23(27-24(19)29)20-11-21-18(12-25-20)5-8-31-21/h5,8-12,16H,3-4,6-7,13-14H2,1-2H3,(H,26,27,29). The van der Waals surface area contributed by atoms with E-state index in [9.17, 15) is 4.79 Å². The molecule has 6 nitrogen and oxygen atoms in total. The van der Waals surface area contributed by atoms with Gasteiger partial charge in [0.15, 0.2) is 5.82 Å². The van der Waals surface area contributed by atoms with Crippen LogP contribution in [0.4, 0.5) is 0 Å². The van der Waals surface area contributed by atoms with Crippen molar-refractivity contribution in [3.63, 3.8) is 0 Å². The summed E-state index contributed by atoms with van der Waals surface area (Å²) in [6, 6.07) is 8.19. The molecule has 0 unspecified atom stereocenters. The molecule has 1 aliphatic heterocycles. The first kappa shape index (κ1) is 20.3. The minimum Gasteiger partial charge on any atom is -0.384 e. The molecule has 5 rings (SSSR count). The number of thiophene rings is 1. The van der Waals surface area contributed by atoms with Crippen molar-refractivity contribution < 1.29 is 4.74 Å². The number of piperidine rings is 1. The van der Waals surface area contributed by atoms with Gasteiger partial charge in [-0.15, -0.1) is 11.3 Å². The van der Waals surface area contributed by atoms with Crippen molar-refractivity contribution >= 4 is 32.3 Å². The molecule has 160 valence electrons. The summed E-state index contributed by atoms with van der Waals surface area (Å²) in [5.74, 6) is 1.18. The molecule has 7 heteroatoms. The molecule has 31 heavy (non-hydrogen) atoms. The zero-order valence-corrected chi connectivity index (χ0v) is 18.7. The van der Waals surface area contributed by atoms with Crippen molar-refractivity contribution in [1.82, 2.24) is 19.9 Å². The average Bonchev–Trinajstić information content (AvgIpc) is 3.24. The van der Waals surface area contributed by atoms with Gasteiger partial charge in [-0.05, 0) is 73.5 Å². The predicted octanol–water partition coefficient (Wildman–Crippen LogP) is 4.37. The third-order valence-electron chi connectivity index (χ3n) is 6.16. The fourth-order valence-electron chi connectivity index (χ4n) is 4.49. The second-order valence-electron chi connectivity index (χ2n) is 8.43. The van der Waals surface area contributed by atoms with E-state index in [-0.39, 0.29) is 5.56 Å². The van der Waals surface area contributed by atoms with Crippen molar-refractivity contribution in [2.75, 3.05) is 26.8 Å². The fraction of sp³-hybridized carbons (Fsp3) is 0.375. The molecule has 0 saturated carbocycles. The molecule has 0 spiro atoms. The van der Waals surface area contributed by atoms with E-state index < -0.39 is 0 Å². The van der Waals surface area contributed by atoms with Crippen LogP contribution in [0.3, 0.4) is 0 Å². The molecule has 1 saturated heterocycles. The van der Waals surface area contributed by atoms with Crippen LogP contribution in [-0.4, -0.2) is 46.7 Å². The van der Waals surface area contributed by atoms with Gasteiger partial charge < -0.3 is 9.72 Å². The van der Waals surface area contributed by atoms with Gasteiger partial charge in [-0.1, -0.05) is 6.07 Å². The molecule has 0 amide bonds. The zero-order chi connectivity index (χ0) is 21.4. The van der Waals surface area contributed by atoms with E-state index in [0.29, 0.717) is 22.8 Å². The number of fused-ring (bicyclic) bond motifs is 2. The number of benzene rings is 1. The summed E-state index contributed by atoms with van der Waals surface area (Å²) in [5, 5.41) is 3.78. The topological polar surface area (TPSA) is 71.1 Å². The number of pyridine rings is 1. The van der Waals surface area contributed by atoms with Gasteiger partial charge in [-0.3, -0.25) is 14.7 Å². The second kappa shape index (κ2) is 8.49. The Kier molecular flexibility index (Phi) is 5.56. The summed E-state index contributed by atoms with van der Waals surface area (Å²) in [6.07, 6.45) is 4.15. The predicted molar refractivity (Wildman–Crippen MR) is 126 cm³/mol. The molecule has 0 atom stereocenters. The van der Waals surface area contributed by atoms with Crippen LogP contribution in [0.1, 0.15) is 24.0 Å². The van der Waals surface area contributed by atoms with Gasteiger partial charge in [-0.25, -0.2) is 4.98 Å². The minimum absolute atomic E-state index is 0.114. The number of hydrogen-bond acceptors (Lipinski definition) is 6. The zero-order valence-electron chi connectivity index (χ0n) is 17.9. The van der Waals surface area contributed by atoms with Crippen molar-refractivity contribution in [2.45, 2.75) is 26.3 Å². The van der Waals surface area contributed by atoms with Crippen LogP contribution >= 0.6 is 11.3 Å². The Morgan fingerprint density at radius 1 is 1.26 bits per heavy atom. The number of hydrogen-bond donors (Lipinski definition) is 1. The number of aryl methyl sites for hydroxylation is 1. The fourth-order valence-corrected chi connectivity index (χ4v) is 5.29. The van der Waals surface area contributed by atoms with E-state index in [0.717, 1.165) is 65.8 Å². The molecule has 1 aliphatic rings. The molecule has 4 aromatic rings. The Morgan fingerprint density at radius 2 is 2.10 bits per heavy atom. The first-order chi connectivity index (χ1) is 15.1. The van der Waals surface area contributed by atoms with Crippen LogP contribution in [0.2, 0.25) is 0 Å². The Bertz CT molecular complexity index is 1290. The quantitative estimate of drug-likeness (QED) is 0.505. The summed E-state index contributed by atoms with van der Waals surface area (Å²) in [7, 11) is 1.78. The van der Waals surface area contributed by atoms with Gasteiger partial charge in [0, 0.05) is 36.5 Å². The molecule has 4 heterocycles. The summed E-state index contributed by atoms with van der Waals surface area (Å²) in [4.78, 5) is 27.6. The van der Waals surface area contributed by atoms with Gasteiger partial charge in [0.1, 0.15) is 5.69 Å². The smallest absolute Gasteiger partial charge is 0.259 e. The summed E-state index contributed by atoms with van der Waals surface area (Å²) < 4.78 is 6.44. The average molecular weight is 435 g/mol. The Labute approximate surface area is 184 Å². The first-order valence-electron chi connectivity index (χ1n) is 10.7. The van der Waals surface area contributed by atoms with E-state index in [4.69, 9.17) is 9.72 Å². The Morgan fingerprint density at radius 3 is 2.90 bits per heavy atom. The third-order valence-corrected chi connectivity index (χ3v) is 7.04. The first-order valence-corrected chi connectivity index (χ1v) is 11.6. The maximum atomic E-state index is 12.9. The number of aromatic nitrogens is 3. The lowest BCUT2D eigenvalue weighted by molar-refractivity contribution is 0.0968. The van der Waals surface area contributed by atoms with Crippen LogP contribution in [0.15, 0.2) is 40.6 Å². The molecular formula is C24H26N4O2S. The van der Waals surface area contributed by atoms with Crippen molar-refractivity contribution in [1.29, 1.82) is 0 Å². The van der Waals surface area contributed by atoms with E-state index in [2.05, 4.69) is 20.9 Å².